The zero-order chi connectivity index (χ0) is 13.2. The van der Waals surface area contributed by atoms with Crippen LogP contribution in [0.15, 0.2) is 41.0 Å². The lowest BCUT2D eigenvalue weighted by Crippen LogP contribution is -2.00. The molecule has 3 aromatic rings. The Hall–Kier alpha value is -2.18. The highest BCUT2D eigenvalue weighted by Crippen LogP contribution is 2.23. The Kier molecular flexibility index (Phi) is 3.02. The molecule has 0 unspecified atom stereocenters. The monoisotopic (exact) mass is 275 g/mol. The third kappa shape index (κ3) is 2.23. The number of benzene rings is 1. The molecule has 0 bridgehead atoms. The van der Waals surface area contributed by atoms with Crippen LogP contribution in [0.4, 0.5) is 0 Å². The highest BCUT2D eigenvalue weighted by molar-refractivity contribution is 6.30. The number of aromatic nitrogens is 4. The zero-order valence-electron chi connectivity index (χ0n) is 9.82. The van der Waals surface area contributed by atoms with Gasteiger partial charge in [-0.2, -0.15) is 0 Å². The number of hydrogen-bond acceptors (Lipinski definition) is 5. The van der Waals surface area contributed by atoms with E-state index < -0.39 is 0 Å². The molecule has 19 heavy (non-hydrogen) atoms. The second kappa shape index (κ2) is 4.83. The summed E-state index contributed by atoms with van der Waals surface area (Å²) in [7, 11) is 0. The van der Waals surface area contributed by atoms with Gasteiger partial charge in [0.2, 0.25) is 11.7 Å². The van der Waals surface area contributed by atoms with E-state index in [-0.39, 0.29) is 0 Å². The zero-order valence-corrected chi connectivity index (χ0v) is 10.6. The Morgan fingerprint density at radius 2 is 2.21 bits per heavy atom. The van der Waals surface area contributed by atoms with E-state index in [1.54, 1.807) is 30.5 Å². The van der Waals surface area contributed by atoms with Crippen molar-refractivity contribution in [1.29, 1.82) is 0 Å². The first-order valence-corrected chi connectivity index (χ1v) is 5.98. The molecule has 96 valence electrons. The van der Waals surface area contributed by atoms with Gasteiger partial charge >= 0.3 is 0 Å². The van der Waals surface area contributed by atoms with Crippen LogP contribution in [0.5, 0.6) is 0 Å². The molecule has 0 aliphatic carbocycles. The van der Waals surface area contributed by atoms with Crippen LogP contribution < -0.4 is 5.73 Å². The molecule has 3 rings (SSSR count). The Labute approximate surface area is 113 Å². The van der Waals surface area contributed by atoms with E-state index in [0.717, 1.165) is 11.1 Å². The maximum Gasteiger partial charge on any atom is 0.239 e. The third-order valence-electron chi connectivity index (χ3n) is 2.64. The minimum absolute atomic E-state index is 0.352. The molecule has 6 nitrogen and oxygen atoms in total. The summed E-state index contributed by atoms with van der Waals surface area (Å²) in [6.45, 7) is 0.352. The van der Waals surface area contributed by atoms with Gasteiger partial charge in [-0.25, -0.2) is 0 Å². The average molecular weight is 276 g/mol. The smallest absolute Gasteiger partial charge is 0.239 e. The maximum absolute atomic E-state index is 5.94. The van der Waals surface area contributed by atoms with Gasteiger partial charge in [0.15, 0.2) is 0 Å². The van der Waals surface area contributed by atoms with Crippen molar-refractivity contribution in [2.45, 2.75) is 6.54 Å². The summed E-state index contributed by atoms with van der Waals surface area (Å²) in [6, 6.07) is 8.89. The Morgan fingerprint density at radius 3 is 2.95 bits per heavy atom. The lowest BCUT2D eigenvalue weighted by molar-refractivity contribution is 0.494. The normalized spacial score (nSPS) is 10.8. The van der Waals surface area contributed by atoms with Crippen molar-refractivity contribution < 1.29 is 4.42 Å². The summed E-state index contributed by atoms with van der Waals surface area (Å²) in [4.78, 5) is 1.32. The van der Waals surface area contributed by atoms with E-state index in [1.165, 1.54) is 4.80 Å². The Bertz CT molecular complexity index is 692. The van der Waals surface area contributed by atoms with Crippen molar-refractivity contribution in [3.8, 4) is 17.3 Å². The van der Waals surface area contributed by atoms with Crippen molar-refractivity contribution in [2.75, 3.05) is 0 Å². The molecule has 0 radical (unpaired) electrons. The lowest BCUT2D eigenvalue weighted by atomic mass is 10.1. The van der Waals surface area contributed by atoms with Crippen LogP contribution in [0.2, 0.25) is 5.02 Å². The summed E-state index contributed by atoms with van der Waals surface area (Å²) in [5.41, 5.74) is 7.38. The van der Waals surface area contributed by atoms with E-state index in [1.807, 2.05) is 6.07 Å². The highest BCUT2D eigenvalue weighted by atomic mass is 35.5. The van der Waals surface area contributed by atoms with Gasteiger partial charge in [0, 0.05) is 23.2 Å². The van der Waals surface area contributed by atoms with Crippen LogP contribution in [0.3, 0.4) is 0 Å². The lowest BCUT2D eigenvalue weighted by Gasteiger charge is -2.03. The predicted octanol–water partition coefficient (Wildman–Crippen LogP) is 2.03. The number of nitrogens with two attached hydrogens (primary N) is 1. The minimum atomic E-state index is 0.352. The van der Waals surface area contributed by atoms with Crippen LogP contribution in [0.1, 0.15) is 5.56 Å². The van der Waals surface area contributed by atoms with Gasteiger partial charge in [-0.1, -0.05) is 16.4 Å². The van der Waals surface area contributed by atoms with E-state index in [9.17, 15) is 0 Å². The molecule has 0 aliphatic rings. The third-order valence-corrected chi connectivity index (χ3v) is 2.88. The number of hydrogen-bond donors (Lipinski definition) is 1. The summed E-state index contributed by atoms with van der Waals surface area (Å²) in [6.07, 6.45) is 1.55. The highest BCUT2D eigenvalue weighted by Gasteiger charge is 2.12. The molecular weight excluding hydrogens is 266 g/mol. The van der Waals surface area contributed by atoms with Crippen LogP contribution in [-0.4, -0.2) is 20.2 Å². The van der Waals surface area contributed by atoms with Gasteiger partial charge in [-0.05, 0) is 35.0 Å². The van der Waals surface area contributed by atoms with Crippen molar-refractivity contribution in [3.63, 3.8) is 0 Å². The van der Waals surface area contributed by atoms with Crippen LogP contribution in [0, 0.1) is 0 Å². The molecule has 0 spiro atoms. The number of halogens is 1. The van der Waals surface area contributed by atoms with Gasteiger partial charge in [0.25, 0.3) is 0 Å². The molecule has 0 saturated heterocycles. The molecule has 7 heteroatoms. The first-order chi connectivity index (χ1) is 9.28. The van der Waals surface area contributed by atoms with E-state index in [2.05, 4.69) is 15.4 Å². The predicted molar refractivity (Wildman–Crippen MR) is 69.8 cm³/mol. The summed E-state index contributed by atoms with van der Waals surface area (Å²) >= 11 is 5.94. The van der Waals surface area contributed by atoms with Crippen LogP contribution in [-0.2, 0) is 6.54 Å². The van der Waals surface area contributed by atoms with Gasteiger partial charge in [0.05, 0.1) is 6.26 Å². The molecule has 1 aromatic carbocycles. The van der Waals surface area contributed by atoms with E-state index >= 15 is 0 Å². The number of furan rings is 1. The second-order valence-electron chi connectivity index (χ2n) is 3.86. The summed E-state index contributed by atoms with van der Waals surface area (Å²) in [5, 5.41) is 12.8. The van der Waals surface area contributed by atoms with Gasteiger partial charge in [0.1, 0.15) is 0 Å². The average Bonchev–Trinajstić information content (AvgIpc) is 3.09. The fourth-order valence-electron chi connectivity index (χ4n) is 1.75. The molecule has 0 aliphatic heterocycles. The minimum Gasteiger partial charge on any atom is -0.445 e. The topological polar surface area (TPSA) is 82.8 Å². The number of nitrogens with zero attached hydrogens (tertiary/aromatic N) is 4. The Balaban J connectivity index is 2.03. The fraction of sp³-hybridized carbons (Fsp3) is 0.0833. The quantitative estimate of drug-likeness (QED) is 0.791. The molecule has 2 heterocycles. The van der Waals surface area contributed by atoms with Crippen LogP contribution >= 0.6 is 11.6 Å². The van der Waals surface area contributed by atoms with Crippen LogP contribution in [0.25, 0.3) is 17.3 Å². The van der Waals surface area contributed by atoms with Gasteiger partial charge in [-0.3, -0.25) is 0 Å². The number of tetrazole rings is 1. The van der Waals surface area contributed by atoms with Gasteiger partial charge < -0.3 is 10.2 Å². The maximum atomic E-state index is 5.94. The SMILES string of the molecule is NCc1cc(Cl)ccc1-c1nnn(-c2ccco2)n1. The standard InChI is InChI=1S/C12H10ClN5O/c13-9-3-4-10(8(6-9)7-14)12-15-17-18(16-12)11-2-1-5-19-11/h1-6H,7,14H2. The van der Waals surface area contributed by atoms with Crippen molar-refractivity contribution in [3.05, 3.63) is 47.2 Å². The van der Waals surface area contributed by atoms with E-state index in [0.29, 0.717) is 23.3 Å². The molecular formula is C12H10ClN5O. The fourth-order valence-corrected chi connectivity index (χ4v) is 1.94. The summed E-state index contributed by atoms with van der Waals surface area (Å²) < 4.78 is 5.20. The van der Waals surface area contributed by atoms with Gasteiger partial charge in [-0.15, -0.1) is 10.2 Å². The van der Waals surface area contributed by atoms with Crippen molar-refractivity contribution in [2.24, 2.45) is 5.73 Å². The summed E-state index contributed by atoms with van der Waals surface area (Å²) in [5.74, 6) is 0.982. The molecule has 0 amide bonds. The molecule has 0 saturated carbocycles. The van der Waals surface area contributed by atoms with E-state index in [4.69, 9.17) is 21.8 Å². The van der Waals surface area contributed by atoms with Crippen molar-refractivity contribution in [1.82, 2.24) is 20.2 Å². The molecule has 0 fully saturated rings. The van der Waals surface area contributed by atoms with Crippen molar-refractivity contribution >= 4 is 11.6 Å². The molecule has 2 N–H and O–H groups in total. The molecule has 2 aromatic heterocycles. The largest absolute Gasteiger partial charge is 0.445 e. The molecule has 0 atom stereocenters. The Morgan fingerprint density at radius 1 is 1.32 bits per heavy atom. The second-order valence-corrected chi connectivity index (χ2v) is 4.30. The first kappa shape index (κ1) is 11.9. The number of rotatable bonds is 3. The first-order valence-electron chi connectivity index (χ1n) is 5.60.